The predicted molar refractivity (Wildman–Crippen MR) is 74.9 cm³/mol. The van der Waals surface area contributed by atoms with Gasteiger partial charge in [0, 0.05) is 23.9 Å². The van der Waals surface area contributed by atoms with E-state index in [4.69, 9.17) is 0 Å². The van der Waals surface area contributed by atoms with Crippen molar-refractivity contribution < 1.29 is 0 Å². The van der Waals surface area contributed by atoms with Gasteiger partial charge in [0.25, 0.3) is 0 Å². The molecule has 0 aliphatic rings. The highest BCUT2D eigenvalue weighted by molar-refractivity contribution is 7.10. The monoisotopic (exact) mass is 270 g/mol. The van der Waals surface area contributed by atoms with Crippen LogP contribution in [0.3, 0.4) is 0 Å². The van der Waals surface area contributed by atoms with E-state index in [2.05, 4.69) is 30.0 Å². The van der Waals surface area contributed by atoms with Crippen LogP contribution in [0.25, 0.3) is 0 Å². The lowest BCUT2D eigenvalue weighted by Gasteiger charge is -2.00. The molecule has 0 spiro atoms. The topological polar surface area (TPSA) is 75.6 Å². The minimum Gasteiger partial charge on any atom is -0.329 e. The zero-order valence-electron chi connectivity index (χ0n) is 9.82. The Labute approximate surface area is 113 Å². The Morgan fingerprint density at radius 3 is 2.21 bits per heavy atom. The van der Waals surface area contributed by atoms with E-state index >= 15 is 0 Å². The number of nitrogens with zero attached hydrogens (tertiary/aromatic N) is 4. The summed E-state index contributed by atoms with van der Waals surface area (Å²) in [5.74, 6) is 0.546. The first-order valence-corrected chi connectivity index (χ1v) is 6.35. The van der Waals surface area contributed by atoms with Gasteiger partial charge >= 0.3 is 0 Å². The first-order valence-electron chi connectivity index (χ1n) is 5.58. The quantitative estimate of drug-likeness (QED) is 0.759. The smallest absolute Gasteiger partial charge is 0.241 e. The van der Waals surface area contributed by atoms with Gasteiger partial charge in [0.1, 0.15) is 0 Å². The first-order chi connectivity index (χ1) is 9.40. The molecule has 0 amide bonds. The predicted octanol–water partition coefficient (Wildman–Crippen LogP) is 2.82. The van der Waals surface area contributed by atoms with Crippen molar-refractivity contribution in [2.75, 3.05) is 10.6 Å². The molecule has 0 radical (unpaired) electrons. The van der Waals surface area contributed by atoms with E-state index in [1.165, 1.54) is 11.5 Å². The minimum absolute atomic E-state index is 0.546. The molecule has 3 heterocycles. The molecule has 0 aliphatic heterocycles. The molecular weight excluding hydrogens is 260 g/mol. The van der Waals surface area contributed by atoms with Crippen LogP contribution >= 0.6 is 11.5 Å². The Balaban J connectivity index is 1.70. The summed E-state index contributed by atoms with van der Waals surface area (Å²) < 4.78 is 4.22. The van der Waals surface area contributed by atoms with Crippen LogP contribution in [0.5, 0.6) is 0 Å². The molecule has 94 valence electrons. The summed E-state index contributed by atoms with van der Waals surface area (Å²) in [6, 6.07) is 7.53. The van der Waals surface area contributed by atoms with Crippen molar-refractivity contribution in [1.82, 2.24) is 19.3 Å². The fraction of sp³-hybridized carbons (Fsp3) is 0. The third-order valence-electron chi connectivity index (χ3n) is 2.26. The average molecular weight is 270 g/mol. The summed E-state index contributed by atoms with van der Waals surface area (Å²) >= 11 is 1.28. The molecule has 3 aromatic heterocycles. The first kappa shape index (κ1) is 11.5. The van der Waals surface area contributed by atoms with Gasteiger partial charge in [-0.05, 0) is 24.3 Å². The van der Waals surface area contributed by atoms with Gasteiger partial charge < -0.3 is 10.6 Å². The molecule has 0 unspecified atom stereocenters. The van der Waals surface area contributed by atoms with Crippen molar-refractivity contribution in [2.45, 2.75) is 0 Å². The molecule has 0 fully saturated rings. The highest BCUT2D eigenvalue weighted by atomic mass is 32.1. The molecule has 3 aromatic rings. The van der Waals surface area contributed by atoms with Crippen LogP contribution in [-0.4, -0.2) is 19.3 Å². The Morgan fingerprint density at radius 2 is 1.58 bits per heavy atom. The Hall–Kier alpha value is -2.54. The van der Waals surface area contributed by atoms with Crippen LogP contribution in [0.4, 0.5) is 22.5 Å². The fourth-order valence-corrected chi connectivity index (χ4v) is 2.00. The normalized spacial score (nSPS) is 10.1. The number of hydrogen-bond acceptors (Lipinski definition) is 7. The van der Waals surface area contributed by atoms with Crippen molar-refractivity contribution >= 4 is 34.0 Å². The second-order valence-electron chi connectivity index (χ2n) is 3.66. The Kier molecular flexibility index (Phi) is 3.28. The summed E-state index contributed by atoms with van der Waals surface area (Å²) in [6.07, 6.45) is 6.89. The maximum Gasteiger partial charge on any atom is 0.241 e. The highest BCUT2D eigenvalue weighted by Crippen LogP contribution is 2.21. The van der Waals surface area contributed by atoms with Gasteiger partial charge in [-0.2, -0.15) is 9.36 Å². The standard InChI is InChI=1S/C12H10N6S/c1-3-9(7-13-5-1)15-11-17-12(19-18-11)16-10-4-2-6-14-8-10/h1-8H,(H2,15,16,17,18). The highest BCUT2D eigenvalue weighted by Gasteiger charge is 2.04. The number of anilines is 4. The SMILES string of the molecule is c1cncc(Nc2nsc(Nc3cccnc3)n2)c1. The van der Waals surface area contributed by atoms with E-state index in [-0.39, 0.29) is 0 Å². The fourth-order valence-electron chi connectivity index (χ4n) is 1.45. The van der Waals surface area contributed by atoms with E-state index in [9.17, 15) is 0 Å². The minimum atomic E-state index is 0.546. The van der Waals surface area contributed by atoms with Gasteiger partial charge in [-0.1, -0.05) is 0 Å². The molecule has 19 heavy (non-hydrogen) atoms. The third kappa shape index (κ3) is 3.02. The molecule has 3 rings (SSSR count). The third-order valence-corrected chi connectivity index (χ3v) is 2.89. The Morgan fingerprint density at radius 1 is 0.895 bits per heavy atom. The number of hydrogen-bond donors (Lipinski definition) is 2. The molecule has 0 saturated carbocycles. The lowest BCUT2D eigenvalue weighted by Crippen LogP contribution is -1.94. The largest absolute Gasteiger partial charge is 0.329 e. The average Bonchev–Trinajstić information content (AvgIpc) is 2.88. The van der Waals surface area contributed by atoms with Crippen molar-refractivity contribution in [2.24, 2.45) is 0 Å². The van der Waals surface area contributed by atoms with Gasteiger partial charge in [-0.15, -0.1) is 0 Å². The van der Waals surface area contributed by atoms with Gasteiger partial charge in [-0.25, -0.2) is 0 Å². The molecule has 6 nitrogen and oxygen atoms in total. The zero-order chi connectivity index (χ0) is 12.9. The van der Waals surface area contributed by atoms with Gasteiger partial charge in [0.2, 0.25) is 11.1 Å². The number of rotatable bonds is 4. The molecule has 2 N–H and O–H groups in total. The molecular formula is C12H10N6S. The Bertz CT molecular complexity index is 584. The van der Waals surface area contributed by atoms with Gasteiger partial charge in [-0.3, -0.25) is 9.97 Å². The second kappa shape index (κ2) is 5.40. The summed E-state index contributed by atoms with van der Waals surface area (Å²) in [7, 11) is 0. The van der Waals surface area contributed by atoms with Crippen LogP contribution in [-0.2, 0) is 0 Å². The molecule has 0 aliphatic carbocycles. The van der Waals surface area contributed by atoms with E-state index in [0.717, 1.165) is 11.4 Å². The summed E-state index contributed by atoms with van der Waals surface area (Å²) in [6.45, 7) is 0. The maximum absolute atomic E-state index is 4.33. The van der Waals surface area contributed by atoms with E-state index in [1.54, 1.807) is 24.8 Å². The maximum atomic E-state index is 4.33. The van der Waals surface area contributed by atoms with Crippen LogP contribution in [0.2, 0.25) is 0 Å². The molecule has 0 saturated heterocycles. The van der Waals surface area contributed by atoms with Crippen LogP contribution in [0.1, 0.15) is 0 Å². The van der Waals surface area contributed by atoms with Crippen LogP contribution < -0.4 is 10.6 Å². The van der Waals surface area contributed by atoms with E-state index in [1.807, 2.05) is 24.3 Å². The van der Waals surface area contributed by atoms with E-state index < -0.39 is 0 Å². The van der Waals surface area contributed by atoms with Crippen LogP contribution in [0, 0.1) is 0 Å². The molecule has 7 heteroatoms. The number of nitrogens with one attached hydrogen (secondary N) is 2. The van der Waals surface area contributed by atoms with Gasteiger partial charge in [0.15, 0.2) is 0 Å². The van der Waals surface area contributed by atoms with Crippen molar-refractivity contribution in [3.63, 3.8) is 0 Å². The summed E-state index contributed by atoms with van der Waals surface area (Å²) in [4.78, 5) is 12.4. The van der Waals surface area contributed by atoms with Crippen LogP contribution in [0.15, 0.2) is 49.1 Å². The number of aromatic nitrogens is 4. The zero-order valence-corrected chi connectivity index (χ0v) is 10.6. The molecule has 0 bridgehead atoms. The molecule has 0 atom stereocenters. The van der Waals surface area contributed by atoms with E-state index in [0.29, 0.717) is 11.1 Å². The van der Waals surface area contributed by atoms with Gasteiger partial charge in [0.05, 0.1) is 23.8 Å². The molecule has 0 aromatic carbocycles. The van der Waals surface area contributed by atoms with Crippen molar-refractivity contribution in [1.29, 1.82) is 0 Å². The number of pyridine rings is 2. The van der Waals surface area contributed by atoms with Crippen molar-refractivity contribution in [3.8, 4) is 0 Å². The summed E-state index contributed by atoms with van der Waals surface area (Å²) in [5, 5.41) is 6.92. The lowest BCUT2D eigenvalue weighted by molar-refractivity contribution is 1.26. The second-order valence-corrected chi connectivity index (χ2v) is 4.41. The van der Waals surface area contributed by atoms with Crippen molar-refractivity contribution in [3.05, 3.63) is 49.1 Å². The lowest BCUT2D eigenvalue weighted by atomic mass is 10.4. The summed E-state index contributed by atoms with van der Waals surface area (Å²) in [5.41, 5.74) is 1.74.